The van der Waals surface area contributed by atoms with Gasteiger partial charge in [-0.25, -0.2) is 0 Å². The third-order valence-corrected chi connectivity index (χ3v) is 7.51. The van der Waals surface area contributed by atoms with Crippen molar-refractivity contribution in [1.29, 1.82) is 0 Å². The number of phenolic OH excluding ortho intramolecular Hbond substituents is 1. The molecule has 0 aliphatic carbocycles. The van der Waals surface area contributed by atoms with Gasteiger partial charge in [-0.15, -0.1) is 5.11 Å². The van der Waals surface area contributed by atoms with Crippen LogP contribution in [0.15, 0.2) is 75.8 Å². The smallest absolute Gasteiger partial charge is 0.296 e. The molecule has 0 aliphatic heterocycles. The van der Waals surface area contributed by atoms with Crippen molar-refractivity contribution in [2.75, 3.05) is 11.9 Å². The minimum atomic E-state index is -4.63. The molecule has 0 heterocycles. The SMILES string of the molecule is CCOc1ccc(NC(=O)c2cc3ccccc3c(N=Nc3cc(CC)c(Cl)c(S(=O)(=O)O)c3)c2O)c(Cl)c1. The zero-order chi connectivity index (χ0) is 28.3. The van der Waals surface area contributed by atoms with Crippen molar-refractivity contribution in [3.05, 3.63) is 81.8 Å². The van der Waals surface area contributed by atoms with Crippen molar-refractivity contribution in [3.8, 4) is 11.5 Å². The summed E-state index contributed by atoms with van der Waals surface area (Å²) in [6.07, 6.45) is 0.364. The number of rotatable bonds is 8. The molecule has 39 heavy (non-hydrogen) atoms. The Labute approximate surface area is 234 Å². The Morgan fingerprint density at radius 2 is 1.77 bits per heavy atom. The molecule has 4 aromatic carbocycles. The fourth-order valence-corrected chi connectivity index (χ4v) is 5.27. The number of carbonyl (C=O) groups is 1. The molecule has 12 heteroatoms. The lowest BCUT2D eigenvalue weighted by Gasteiger charge is -2.13. The molecule has 3 N–H and O–H groups in total. The maximum Gasteiger partial charge on any atom is 0.296 e. The number of azo groups is 1. The molecule has 1 amide bonds. The molecule has 0 atom stereocenters. The van der Waals surface area contributed by atoms with Crippen LogP contribution < -0.4 is 10.1 Å². The number of nitrogens with zero attached hydrogens (tertiary/aromatic N) is 2. The number of fused-ring (bicyclic) bond motifs is 1. The number of benzene rings is 4. The summed E-state index contributed by atoms with van der Waals surface area (Å²) in [5, 5.41) is 23.3. The summed E-state index contributed by atoms with van der Waals surface area (Å²) in [6.45, 7) is 4.05. The summed E-state index contributed by atoms with van der Waals surface area (Å²) in [5.41, 5.74) is 0.708. The molecule has 4 rings (SSSR count). The molecular formula is C27H23Cl2N3O6S. The zero-order valence-electron chi connectivity index (χ0n) is 20.8. The summed E-state index contributed by atoms with van der Waals surface area (Å²) < 4.78 is 38.6. The minimum absolute atomic E-state index is 0.0163. The predicted octanol–water partition coefficient (Wildman–Crippen LogP) is 7.73. The van der Waals surface area contributed by atoms with Crippen molar-refractivity contribution in [1.82, 2.24) is 0 Å². The molecule has 0 fully saturated rings. The Bertz CT molecular complexity index is 1720. The van der Waals surface area contributed by atoms with E-state index in [1.54, 1.807) is 49.4 Å². The highest BCUT2D eigenvalue weighted by atomic mass is 35.5. The molecule has 0 saturated heterocycles. The molecule has 9 nitrogen and oxygen atoms in total. The Hall–Kier alpha value is -3.70. The maximum absolute atomic E-state index is 13.2. The summed E-state index contributed by atoms with van der Waals surface area (Å²) in [6, 6.07) is 15.8. The molecule has 0 unspecified atom stereocenters. The predicted molar refractivity (Wildman–Crippen MR) is 151 cm³/mol. The number of ether oxygens (including phenoxy) is 1. The zero-order valence-corrected chi connectivity index (χ0v) is 23.1. The Morgan fingerprint density at radius 1 is 1.03 bits per heavy atom. The minimum Gasteiger partial charge on any atom is -0.505 e. The van der Waals surface area contributed by atoms with Gasteiger partial charge in [0.05, 0.1) is 33.6 Å². The lowest BCUT2D eigenvalue weighted by molar-refractivity contribution is 0.102. The van der Waals surface area contributed by atoms with Gasteiger partial charge < -0.3 is 15.2 Å². The van der Waals surface area contributed by atoms with E-state index in [-0.39, 0.29) is 27.0 Å². The number of carbonyl (C=O) groups excluding carboxylic acids is 1. The number of amides is 1. The second-order valence-corrected chi connectivity index (χ2v) is 10.5. The molecule has 0 aromatic heterocycles. The van der Waals surface area contributed by atoms with Gasteiger partial charge in [0.15, 0.2) is 5.75 Å². The highest BCUT2D eigenvalue weighted by Crippen LogP contribution is 2.40. The first-order chi connectivity index (χ1) is 18.5. The number of hydrogen-bond donors (Lipinski definition) is 3. The summed E-state index contributed by atoms with van der Waals surface area (Å²) in [4.78, 5) is 12.7. The van der Waals surface area contributed by atoms with Crippen LogP contribution in [0, 0.1) is 0 Å². The van der Waals surface area contributed by atoms with Crippen molar-refractivity contribution in [3.63, 3.8) is 0 Å². The van der Waals surface area contributed by atoms with E-state index < -0.39 is 26.7 Å². The summed E-state index contributed by atoms with van der Waals surface area (Å²) in [5.74, 6) is -0.548. The third-order valence-electron chi connectivity index (χ3n) is 5.76. The van der Waals surface area contributed by atoms with Crippen LogP contribution in [0.1, 0.15) is 29.8 Å². The Morgan fingerprint density at radius 3 is 2.44 bits per heavy atom. The second kappa shape index (κ2) is 11.6. The maximum atomic E-state index is 13.2. The molecule has 0 bridgehead atoms. The summed E-state index contributed by atoms with van der Waals surface area (Å²) in [7, 11) is -4.63. The Balaban J connectivity index is 1.78. The third kappa shape index (κ3) is 6.15. The van der Waals surface area contributed by atoms with Gasteiger partial charge in [0.25, 0.3) is 16.0 Å². The number of aryl methyl sites for hydroxylation is 1. The van der Waals surface area contributed by atoms with E-state index in [0.717, 1.165) is 6.07 Å². The first-order valence-electron chi connectivity index (χ1n) is 11.7. The van der Waals surface area contributed by atoms with Gasteiger partial charge in [-0.3, -0.25) is 9.35 Å². The number of aromatic hydroxyl groups is 1. The van der Waals surface area contributed by atoms with Crippen LogP contribution in [0.25, 0.3) is 10.8 Å². The lowest BCUT2D eigenvalue weighted by atomic mass is 10.0. The van der Waals surface area contributed by atoms with Crippen LogP contribution in [0.5, 0.6) is 11.5 Å². The number of nitrogens with one attached hydrogen (secondary N) is 1. The second-order valence-electron chi connectivity index (χ2n) is 8.32. The molecule has 0 saturated carbocycles. The molecular weight excluding hydrogens is 565 g/mol. The fraction of sp³-hybridized carbons (Fsp3) is 0.148. The van der Waals surface area contributed by atoms with Gasteiger partial charge in [-0.1, -0.05) is 54.4 Å². The van der Waals surface area contributed by atoms with Gasteiger partial charge in [0.1, 0.15) is 16.3 Å². The monoisotopic (exact) mass is 587 g/mol. The quantitative estimate of drug-likeness (QED) is 0.142. The van der Waals surface area contributed by atoms with Crippen molar-refractivity contribution >= 4 is 67.1 Å². The van der Waals surface area contributed by atoms with Crippen LogP contribution in [-0.2, 0) is 16.5 Å². The van der Waals surface area contributed by atoms with Gasteiger partial charge in [0.2, 0.25) is 0 Å². The fourth-order valence-electron chi connectivity index (χ4n) is 3.89. The Kier molecular flexibility index (Phi) is 8.41. The van der Waals surface area contributed by atoms with Crippen LogP contribution in [0.4, 0.5) is 17.1 Å². The summed E-state index contributed by atoms with van der Waals surface area (Å²) >= 11 is 12.4. The number of halogens is 2. The van der Waals surface area contributed by atoms with E-state index in [4.69, 9.17) is 27.9 Å². The van der Waals surface area contributed by atoms with E-state index in [2.05, 4.69) is 15.5 Å². The number of phenols is 1. The first kappa shape index (κ1) is 28.3. The van der Waals surface area contributed by atoms with E-state index in [0.29, 0.717) is 40.8 Å². The lowest BCUT2D eigenvalue weighted by Crippen LogP contribution is -2.12. The highest BCUT2D eigenvalue weighted by Gasteiger charge is 2.21. The first-order valence-corrected chi connectivity index (χ1v) is 13.9. The van der Waals surface area contributed by atoms with Crippen molar-refractivity contribution in [2.45, 2.75) is 25.2 Å². The molecule has 202 valence electrons. The number of anilines is 1. The van der Waals surface area contributed by atoms with E-state index in [1.165, 1.54) is 12.1 Å². The topological polar surface area (TPSA) is 138 Å². The molecule has 0 radical (unpaired) electrons. The van der Waals surface area contributed by atoms with E-state index >= 15 is 0 Å². The molecule has 4 aromatic rings. The van der Waals surface area contributed by atoms with Crippen LogP contribution in [-0.4, -0.2) is 30.6 Å². The van der Waals surface area contributed by atoms with Gasteiger partial charge in [-0.2, -0.15) is 13.5 Å². The van der Waals surface area contributed by atoms with Gasteiger partial charge in [0, 0.05) is 11.5 Å². The highest BCUT2D eigenvalue weighted by molar-refractivity contribution is 7.86. The van der Waals surface area contributed by atoms with Gasteiger partial charge >= 0.3 is 0 Å². The molecule has 0 spiro atoms. The average Bonchev–Trinajstić information content (AvgIpc) is 2.89. The molecule has 0 aliphatic rings. The van der Waals surface area contributed by atoms with Crippen molar-refractivity contribution in [2.24, 2.45) is 10.2 Å². The average molecular weight is 588 g/mol. The van der Waals surface area contributed by atoms with Crippen molar-refractivity contribution < 1.29 is 27.6 Å². The van der Waals surface area contributed by atoms with E-state index in [9.17, 15) is 22.9 Å². The van der Waals surface area contributed by atoms with Gasteiger partial charge in [-0.05, 0) is 54.6 Å². The van der Waals surface area contributed by atoms with Crippen LogP contribution in [0.3, 0.4) is 0 Å². The van der Waals surface area contributed by atoms with E-state index in [1.807, 2.05) is 6.92 Å². The normalized spacial score (nSPS) is 11.7. The largest absolute Gasteiger partial charge is 0.505 e. The van der Waals surface area contributed by atoms with Crippen LogP contribution >= 0.6 is 23.2 Å². The standard InChI is InChI=1S/C27H23Cl2N3O6S/c1-3-15-11-17(13-23(24(15)29)39(35,36)37)31-32-25-19-8-6-5-7-16(19)12-20(26(25)33)27(34)30-22-10-9-18(38-4-2)14-21(22)28/h5-14,33H,3-4H2,1-2H3,(H,30,34)(H,35,36,37). The van der Waals surface area contributed by atoms with Crippen LogP contribution in [0.2, 0.25) is 10.0 Å². The number of hydrogen-bond acceptors (Lipinski definition) is 7.